The number of ether oxygens (including phenoxy) is 1. The van der Waals surface area contributed by atoms with E-state index < -0.39 is 0 Å². The number of fused-ring (bicyclic) bond motifs is 3. The Labute approximate surface area is 174 Å². The van der Waals surface area contributed by atoms with Gasteiger partial charge in [-0.05, 0) is 49.6 Å². The van der Waals surface area contributed by atoms with Crippen LogP contribution in [0.1, 0.15) is 46.0 Å². The molecule has 0 fully saturated rings. The Bertz CT molecular complexity index is 1210. The summed E-state index contributed by atoms with van der Waals surface area (Å²) < 4.78 is 10.9. The summed E-state index contributed by atoms with van der Waals surface area (Å²) >= 11 is 0. The number of para-hydroxylation sites is 1. The second kappa shape index (κ2) is 7.37. The molecule has 0 unspecified atom stereocenters. The van der Waals surface area contributed by atoms with Crippen molar-refractivity contribution in [3.05, 3.63) is 83.2 Å². The highest BCUT2D eigenvalue weighted by Crippen LogP contribution is 2.39. The number of amides is 1. The summed E-state index contributed by atoms with van der Waals surface area (Å²) in [5.41, 5.74) is 4.81. The summed E-state index contributed by atoms with van der Waals surface area (Å²) in [7, 11) is 0. The van der Waals surface area contributed by atoms with Crippen LogP contribution in [-0.4, -0.2) is 33.9 Å². The van der Waals surface area contributed by atoms with E-state index in [9.17, 15) is 4.79 Å². The lowest BCUT2D eigenvalue weighted by molar-refractivity contribution is 0.0685. The number of carbonyl (C=O) groups is 1. The van der Waals surface area contributed by atoms with Crippen molar-refractivity contribution >= 4 is 16.8 Å². The smallest absolute Gasteiger partial charge is 0.276 e. The van der Waals surface area contributed by atoms with Gasteiger partial charge in [0.05, 0.1) is 12.6 Å². The number of hydrogen-bond donors (Lipinski definition) is 1. The van der Waals surface area contributed by atoms with Gasteiger partial charge in [-0.15, -0.1) is 0 Å². The first kappa shape index (κ1) is 18.5. The van der Waals surface area contributed by atoms with Gasteiger partial charge in [-0.25, -0.2) is 4.98 Å². The third-order valence-electron chi connectivity index (χ3n) is 5.75. The number of H-pyrrole nitrogens is 1. The molecule has 3 heterocycles. The molecular weight excluding hydrogens is 378 g/mol. The SMILES string of the molecule is CCOc1ccc([C@H]2c3[nH]c4ccccc4c3CCN2C(=O)c2ncoc2C)cc1. The predicted molar refractivity (Wildman–Crippen MR) is 114 cm³/mol. The molecule has 0 radical (unpaired) electrons. The van der Waals surface area contributed by atoms with Crippen LogP contribution in [0.2, 0.25) is 0 Å². The molecule has 30 heavy (non-hydrogen) atoms. The second-order valence-electron chi connectivity index (χ2n) is 7.47. The zero-order chi connectivity index (χ0) is 20.7. The molecule has 1 amide bonds. The highest BCUT2D eigenvalue weighted by atomic mass is 16.5. The highest BCUT2D eigenvalue weighted by molar-refractivity contribution is 5.94. The molecule has 5 rings (SSSR count). The van der Waals surface area contributed by atoms with Crippen LogP contribution in [0.4, 0.5) is 0 Å². The number of carbonyl (C=O) groups excluding carboxylic acids is 1. The molecule has 1 N–H and O–H groups in total. The van der Waals surface area contributed by atoms with Crippen LogP contribution in [-0.2, 0) is 6.42 Å². The Balaban J connectivity index is 1.64. The van der Waals surface area contributed by atoms with E-state index in [1.807, 2.05) is 42.2 Å². The lowest BCUT2D eigenvalue weighted by Gasteiger charge is -2.36. The Morgan fingerprint density at radius 3 is 2.77 bits per heavy atom. The first-order valence-electron chi connectivity index (χ1n) is 10.2. The normalized spacial score (nSPS) is 15.9. The van der Waals surface area contributed by atoms with Gasteiger partial charge < -0.3 is 19.0 Å². The largest absolute Gasteiger partial charge is 0.494 e. The highest BCUT2D eigenvalue weighted by Gasteiger charge is 2.36. The van der Waals surface area contributed by atoms with Crippen LogP contribution in [0.15, 0.2) is 59.3 Å². The first-order valence-corrected chi connectivity index (χ1v) is 10.2. The quantitative estimate of drug-likeness (QED) is 0.540. The molecule has 0 spiro atoms. The van der Waals surface area contributed by atoms with E-state index >= 15 is 0 Å². The fourth-order valence-corrected chi connectivity index (χ4v) is 4.37. The summed E-state index contributed by atoms with van der Waals surface area (Å²) in [6.45, 7) is 4.96. The van der Waals surface area contributed by atoms with Gasteiger partial charge in [0.2, 0.25) is 0 Å². The number of aromatic nitrogens is 2. The van der Waals surface area contributed by atoms with Gasteiger partial charge in [-0.1, -0.05) is 30.3 Å². The summed E-state index contributed by atoms with van der Waals surface area (Å²) in [5, 5.41) is 1.22. The summed E-state index contributed by atoms with van der Waals surface area (Å²) in [6, 6.07) is 16.0. The van der Waals surface area contributed by atoms with Crippen molar-refractivity contribution in [2.75, 3.05) is 13.2 Å². The maximum absolute atomic E-state index is 13.4. The summed E-state index contributed by atoms with van der Waals surface area (Å²) in [6.07, 6.45) is 2.11. The molecule has 1 atom stereocenters. The molecular formula is C24H23N3O3. The fraction of sp³-hybridized carbons (Fsp3) is 0.250. The number of rotatable bonds is 4. The predicted octanol–water partition coefficient (Wildman–Crippen LogP) is 4.65. The van der Waals surface area contributed by atoms with Crippen molar-refractivity contribution in [2.24, 2.45) is 0 Å². The van der Waals surface area contributed by atoms with Gasteiger partial charge in [0.15, 0.2) is 12.1 Å². The molecule has 4 aromatic rings. The average Bonchev–Trinajstić information content (AvgIpc) is 3.36. The van der Waals surface area contributed by atoms with Gasteiger partial charge in [0.25, 0.3) is 5.91 Å². The zero-order valence-electron chi connectivity index (χ0n) is 17.0. The summed E-state index contributed by atoms with van der Waals surface area (Å²) in [4.78, 5) is 23.1. The third kappa shape index (κ3) is 2.96. The van der Waals surface area contributed by atoms with Crippen LogP contribution >= 0.6 is 0 Å². The van der Waals surface area contributed by atoms with Crippen molar-refractivity contribution < 1.29 is 13.9 Å². The maximum atomic E-state index is 13.4. The standard InChI is InChI=1S/C24H23N3O3/c1-3-29-17-10-8-16(9-11-17)23-22-19(18-6-4-5-7-20(18)26-22)12-13-27(23)24(28)21-15(2)30-14-25-21/h4-11,14,23,26H,3,12-13H2,1-2H3/t23-/m0/s1. The van der Waals surface area contributed by atoms with Crippen molar-refractivity contribution in [1.82, 2.24) is 14.9 Å². The Morgan fingerprint density at radius 1 is 1.23 bits per heavy atom. The monoisotopic (exact) mass is 401 g/mol. The molecule has 0 bridgehead atoms. The minimum Gasteiger partial charge on any atom is -0.494 e. The van der Waals surface area contributed by atoms with Gasteiger partial charge in [-0.3, -0.25) is 4.79 Å². The van der Waals surface area contributed by atoms with Crippen LogP contribution in [0, 0.1) is 6.92 Å². The van der Waals surface area contributed by atoms with E-state index in [-0.39, 0.29) is 11.9 Å². The number of aromatic amines is 1. The number of nitrogens with zero attached hydrogens (tertiary/aromatic N) is 2. The van der Waals surface area contributed by atoms with Crippen LogP contribution < -0.4 is 4.74 Å². The molecule has 0 aliphatic carbocycles. The number of hydrogen-bond acceptors (Lipinski definition) is 4. The topological polar surface area (TPSA) is 71.4 Å². The Morgan fingerprint density at radius 2 is 2.03 bits per heavy atom. The minimum atomic E-state index is -0.236. The van der Waals surface area contributed by atoms with Crippen molar-refractivity contribution in [1.29, 1.82) is 0 Å². The van der Waals surface area contributed by atoms with E-state index in [1.165, 1.54) is 17.3 Å². The molecule has 2 aromatic carbocycles. The van der Waals surface area contributed by atoms with Gasteiger partial charge in [0, 0.05) is 23.1 Å². The van der Waals surface area contributed by atoms with Gasteiger partial charge in [-0.2, -0.15) is 0 Å². The number of aryl methyl sites for hydroxylation is 1. The van der Waals surface area contributed by atoms with E-state index in [0.717, 1.165) is 28.9 Å². The van der Waals surface area contributed by atoms with E-state index in [1.54, 1.807) is 6.92 Å². The average molecular weight is 401 g/mol. The van der Waals surface area contributed by atoms with Crippen molar-refractivity contribution in [3.63, 3.8) is 0 Å². The number of oxazole rings is 1. The lowest BCUT2D eigenvalue weighted by Crippen LogP contribution is -2.41. The molecule has 6 heteroatoms. The molecule has 1 aliphatic heterocycles. The van der Waals surface area contributed by atoms with Gasteiger partial charge >= 0.3 is 0 Å². The van der Waals surface area contributed by atoms with Crippen LogP contribution in [0.3, 0.4) is 0 Å². The molecule has 2 aromatic heterocycles. The molecule has 1 aliphatic rings. The van der Waals surface area contributed by atoms with Crippen molar-refractivity contribution in [2.45, 2.75) is 26.3 Å². The lowest BCUT2D eigenvalue weighted by atomic mass is 9.92. The second-order valence-corrected chi connectivity index (χ2v) is 7.47. The Hall–Kier alpha value is -3.54. The van der Waals surface area contributed by atoms with E-state index in [2.05, 4.69) is 28.2 Å². The van der Waals surface area contributed by atoms with Gasteiger partial charge in [0.1, 0.15) is 11.5 Å². The maximum Gasteiger partial charge on any atom is 0.276 e. The van der Waals surface area contributed by atoms with E-state index in [0.29, 0.717) is 24.6 Å². The molecule has 6 nitrogen and oxygen atoms in total. The fourth-order valence-electron chi connectivity index (χ4n) is 4.37. The third-order valence-corrected chi connectivity index (χ3v) is 5.75. The first-order chi connectivity index (χ1) is 14.7. The molecule has 0 saturated heterocycles. The van der Waals surface area contributed by atoms with Crippen LogP contribution in [0.25, 0.3) is 10.9 Å². The van der Waals surface area contributed by atoms with Crippen LogP contribution in [0.5, 0.6) is 5.75 Å². The van der Waals surface area contributed by atoms with E-state index in [4.69, 9.17) is 9.15 Å². The van der Waals surface area contributed by atoms with Crippen molar-refractivity contribution in [3.8, 4) is 5.75 Å². The Kier molecular flexibility index (Phi) is 4.54. The summed E-state index contributed by atoms with van der Waals surface area (Å²) in [5.74, 6) is 1.23. The molecule has 0 saturated carbocycles. The number of nitrogens with one attached hydrogen (secondary N) is 1. The minimum absolute atomic E-state index is 0.121. The molecule has 152 valence electrons. The zero-order valence-corrected chi connectivity index (χ0v) is 17.0. The number of benzene rings is 2.